The van der Waals surface area contributed by atoms with Crippen molar-refractivity contribution < 1.29 is 40.2 Å². The molecule has 0 bridgehead atoms. The maximum absolute atomic E-state index is 14.1. The number of anilines is 2. The average molecular weight is 1050 g/mol. The standard InChI is InChI=1S/C60H50Cl2N6O8/c1-29(2)45-39-21-31(5)47(55(71)49(39)41(53(69)57(45)73)25-63-65-51-37-23-35(61)17-19-43(37)67(59(51)75)27-33-13-9-7-10-14-33)48-32(6)22-40-46(30(3)4)58(74)54(70)42(50(40)56(48)72)26-64-66-52-38-24-36(62)18-20-44(38)68(60(52)76)28-34-15-11-8-12-16-34/h7-26,29-30,69-74H,27-28H2,1-6H3/b63-25+,64-26+,65-51-,66-52+. The van der Waals surface area contributed by atoms with Crippen molar-refractivity contribution >= 4 is 91.8 Å². The van der Waals surface area contributed by atoms with Crippen molar-refractivity contribution in [3.63, 3.8) is 0 Å². The fourth-order valence-electron chi connectivity index (χ4n) is 10.5. The molecule has 14 nitrogen and oxygen atoms in total. The van der Waals surface area contributed by atoms with Crippen LogP contribution in [0.15, 0.2) is 130 Å². The Morgan fingerprint density at radius 3 is 1.22 bits per heavy atom. The van der Waals surface area contributed by atoms with Crippen molar-refractivity contribution in [3.05, 3.63) is 175 Å². The van der Waals surface area contributed by atoms with Crippen molar-refractivity contribution in [2.24, 2.45) is 20.4 Å². The van der Waals surface area contributed by atoms with Crippen LogP contribution in [0.4, 0.5) is 11.4 Å². The van der Waals surface area contributed by atoms with E-state index >= 15 is 0 Å². The predicted octanol–water partition coefficient (Wildman–Crippen LogP) is 12.8. The largest absolute Gasteiger partial charge is 0.507 e. The van der Waals surface area contributed by atoms with Crippen molar-refractivity contribution in [2.45, 2.75) is 66.5 Å². The fourth-order valence-corrected chi connectivity index (χ4v) is 10.9. The van der Waals surface area contributed by atoms with E-state index in [1.807, 2.05) is 88.4 Å². The van der Waals surface area contributed by atoms with Crippen molar-refractivity contribution in [1.82, 2.24) is 0 Å². The van der Waals surface area contributed by atoms with Gasteiger partial charge in [0.2, 0.25) is 0 Å². The van der Waals surface area contributed by atoms with Crippen LogP contribution in [-0.2, 0) is 22.7 Å². The van der Waals surface area contributed by atoms with Gasteiger partial charge in [0.15, 0.2) is 34.4 Å². The van der Waals surface area contributed by atoms with Crippen LogP contribution in [0.5, 0.6) is 34.5 Å². The molecule has 2 aliphatic rings. The summed E-state index contributed by atoms with van der Waals surface area (Å²) in [7, 11) is 0. The Morgan fingerprint density at radius 2 is 0.868 bits per heavy atom. The van der Waals surface area contributed by atoms with Gasteiger partial charge in [-0.1, -0.05) is 124 Å². The molecule has 2 aliphatic heterocycles. The number of carbonyl (C=O) groups is 2. The summed E-state index contributed by atoms with van der Waals surface area (Å²) < 4.78 is 0. The molecule has 0 fully saturated rings. The van der Waals surface area contributed by atoms with Gasteiger partial charge >= 0.3 is 0 Å². The van der Waals surface area contributed by atoms with Gasteiger partial charge in [0.1, 0.15) is 11.5 Å². The van der Waals surface area contributed by atoms with Gasteiger partial charge in [-0.05, 0) is 95.1 Å². The van der Waals surface area contributed by atoms with E-state index in [1.54, 1.807) is 72.2 Å². The van der Waals surface area contributed by atoms with Crippen LogP contribution in [0.25, 0.3) is 32.7 Å². The number of aromatic hydroxyl groups is 6. The van der Waals surface area contributed by atoms with Crippen LogP contribution in [0.2, 0.25) is 10.0 Å². The summed E-state index contributed by atoms with van der Waals surface area (Å²) in [5, 5.41) is 91.3. The second kappa shape index (κ2) is 19.9. The number of phenolic OH excluding ortho intramolecular Hbond substituents is 6. The van der Waals surface area contributed by atoms with Gasteiger partial charge in [-0.2, -0.15) is 10.2 Å². The fraction of sp³-hybridized carbons (Fsp3) is 0.167. The number of rotatable bonds is 11. The lowest BCUT2D eigenvalue weighted by Gasteiger charge is -2.23. The molecule has 8 aromatic rings. The van der Waals surface area contributed by atoms with Gasteiger partial charge in [-0.15, -0.1) is 10.2 Å². The zero-order chi connectivity index (χ0) is 54.0. The third-order valence-corrected chi connectivity index (χ3v) is 14.4. The smallest absolute Gasteiger partial charge is 0.279 e. The highest BCUT2D eigenvalue weighted by Gasteiger charge is 2.37. The highest BCUT2D eigenvalue weighted by atomic mass is 35.5. The minimum absolute atomic E-state index is 0.0242. The first-order chi connectivity index (χ1) is 36.4. The Balaban J connectivity index is 1.13. The molecule has 0 radical (unpaired) electrons. The van der Waals surface area contributed by atoms with Crippen molar-refractivity contribution in [1.29, 1.82) is 0 Å². The first kappa shape index (κ1) is 50.8. The van der Waals surface area contributed by atoms with Crippen LogP contribution in [-0.4, -0.2) is 66.3 Å². The van der Waals surface area contributed by atoms with E-state index in [4.69, 9.17) is 23.2 Å². The van der Waals surface area contributed by atoms with Crippen molar-refractivity contribution in [2.75, 3.05) is 9.80 Å². The molecule has 0 aliphatic carbocycles. The van der Waals surface area contributed by atoms with E-state index in [1.165, 1.54) is 0 Å². The zero-order valence-electron chi connectivity index (χ0n) is 42.1. The summed E-state index contributed by atoms with van der Waals surface area (Å²) in [4.78, 5) is 31.3. The van der Waals surface area contributed by atoms with Crippen molar-refractivity contribution in [3.8, 4) is 45.6 Å². The van der Waals surface area contributed by atoms with E-state index in [-0.39, 0.29) is 69.4 Å². The topological polar surface area (TPSA) is 211 Å². The molecule has 10 rings (SSSR count). The highest BCUT2D eigenvalue weighted by Crippen LogP contribution is 2.54. The number of benzene rings is 8. The SMILES string of the molecule is Cc1cc2c(C(C)C)c(O)c(O)c(/C=N/N=C3\C(=O)N(Cc4ccccc4)c4ccc(Cl)cc43)c2c(O)c1-c1c(C)cc2c(C(C)C)c(O)c(O)c(/C=N/N=C3/C(=O)N(Cc4ccccc4)c4ccc(Cl)cc43)c2c1O. The van der Waals surface area contributed by atoms with E-state index in [2.05, 4.69) is 20.4 Å². The van der Waals surface area contributed by atoms with Gasteiger partial charge in [0.05, 0.1) is 48.0 Å². The summed E-state index contributed by atoms with van der Waals surface area (Å²) in [6, 6.07) is 32.4. The molecular weight excluding hydrogens is 1000 g/mol. The number of halogens is 2. The molecule has 0 atom stereocenters. The van der Waals surface area contributed by atoms with E-state index < -0.39 is 46.3 Å². The number of fused-ring (bicyclic) bond motifs is 4. The van der Waals surface area contributed by atoms with E-state index in [9.17, 15) is 40.2 Å². The van der Waals surface area contributed by atoms with E-state index in [0.29, 0.717) is 65.6 Å². The third-order valence-electron chi connectivity index (χ3n) is 13.9. The summed E-state index contributed by atoms with van der Waals surface area (Å²) in [5.74, 6) is -4.59. The third kappa shape index (κ3) is 8.58. The molecule has 0 spiro atoms. The first-order valence-corrected chi connectivity index (χ1v) is 25.1. The lowest BCUT2D eigenvalue weighted by Crippen LogP contribution is -2.29. The van der Waals surface area contributed by atoms with Gasteiger partial charge < -0.3 is 40.4 Å². The van der Waals surface area contributed by atoms with Gasteiger partial charge in [-0.25, -0.2) is 0 Å². The second-order valence-electron chi connectivity index (χ2n) is 19.5. The zero-order valence-corrected chi connectivity index (χ0v) is 43.6. The number of aryl methyl sites for hydroxylation is 2. The summed E-state index contributed by atoms with van der Waals surface area (Å²) in [5.41, 5.74) is 5.24. The van der Waals surface area contributed by atoms with Crippen LogP contribution < -0.4 is 9.80 Å². The van der Waals surface area contributed by atoms with Crippen LogP contribution >= 0.6 is 23.2 Å². The minimum Gasteiger partial charge on any atom is -0.507 e. The highest BCUT2D eigenvalue weighted by molar-refractivity contribution is 6.55. The molecule has 0 aromatic heterocycles. The maximum atomic E-state index is 14.1. The normalized spacial score (nSPS) is 14.7. The Bertz CT molecular complexity index is 3640. The Labute approximate surface area is 447 Å². The quantitative estimate of drug-likeness (QED) is 0.0416. The van der Waals surface area contributed by atoms with Gasteiger partial charge in [0.25, 0.3) is 11.8 Å². The number of hydrogen-bond acceptors (Lipinski definition) is 12. The number of carbonyl (C=O) groups excluding carboxylic acids is 2. The molecule has 382 valence electrons. The average Bonchev–Trinajstić information content (AvgIpc) is 3.78. The molecule has 6 N–H and O–H groups in total. The molecule has 0 saturated heterocycles. The number of phenols is 6. The van der Waals surface area contributed by atoms with E-state index in [0.717, 1.165) is 23.6 Å². The molecule has 0 saturated carbocycles. The predicted molar refractivity (Wildman–Crippen MR) is 301 cm³/mol. The maximum Gasteiger partial charge on any atom is 0.279 e. The summed E-state index contributed by atoms with van der Waals surface area (Å²) >= 11 is 12.9. The lowest BCUT2D eigenvalue weighted by molar-refractivity contribution is -0.113. The van der Waals surface area contributed by atoms with Crippen LogP contribution in [0.1, 0.15) is 95.2 Å². The second-order valence-corrected chi connectivity index (χ2v) is 20.4. The Kier molecular flexibility index (Phi) is 13.3. The van der Waals surface area contributed by atoms with Gasteiger partial charge in [-0.3, -0.25) is 9.59 Å². The molecule has 8 aromatic carbocycles. The molecule has 0 unspecified atom stereocenters. The number of nitrogens with zero attached hydrogens (tertiary/aromatic N) is 6. The Hall–Kier alpha value is -8.72. The molecular formula is C60H50Cl2N6O8. The summed E-state index contributed by atoms with van der Waals surface area (Å²) in [6.45, 7) is 11.2. The van der Waals surface area contributed by atoms with Gasteiger partial charge in [0, 0.05) is 54.2 Å². The molecule has 16 heteroatoms. The van der Waals surface area contributed by atoms with Crippen LogP contribution in [0.3, 0.4) is 0 Å². The first-order valence-electron chi connectivity index (χ1n) is 24.4. The minimum atomic E-state index is -0.618. The lowest BCUT2D eigenvalue weighted by atomic mass is 9.83. The van der Waals surface area contributed by atoms with Crippen LogP contribution in [0, 0.1) is 13.8 Å². The summed E-state index contributed by atoms with van der Waals surface area (Å²) in [6.07, 6.45) is 2.29. The molecule has 2 heterocycles. The monoisotopic (exact) mass is 1050 g/mol. The Morgan fingerprint density at radius 1 is 0.500 bits per heavy atom. The molecule has 2 amide bonds. The molecule has 76 heavy (non-hydrogen) atoms. The number of amides is 2. The number of hydrogen-bond donors (Lipinski definition) is 6.